The normalized spacial score (nSPS) is 18.4. The van der Waals surface area contributed by atoms with Gasteiger partial charge in [-0.2, -0.15) is 0 Å². The van der Waals surface area contributed by atoms with E-state index in [4.69, 9.17) is 9.72 Å². The largest absolute Gasteiger partial charge is 0.452 e. The van der Waals surface area contributed by atoms with E-state index in [0.29, 0.717) is 18.7 Å². The second kappa shape index (κ2) is 8.19. The average Bonchev–Trinajstić information content (AvgIpc) is 3.43. The van der Waals surface area contributed by atoms with Gasteiger partial charge in [0.25, 0.3) is 5.91 Å². The quantitative estimate of drug-likeness (QED) is 0.589. The van der Waals surface area contributed by atoms with E-state index < -0.39 is 5.97 Å². The molecule has 1 aliphatic heterocycles. The number of hydrogen-bond donors (Lipinski definition) is 0. The fraction of sp³-hybridized carbons (Fsp3) is 0.375. The maximum atomic E-state index is 12.7. The first kappa shape index (κ1) is 19.2. The number of nitrogens with zero attached hydrogens (tertiary/aromatic N) is 2. The van der Waals surface area contributed by atoms with Crippen molar-refractivity contribution >= 4 is 33.4 Å². The first-order chi connectivity index (χ1) is 14.7. The smallest absolute Gasteiger partial charge is 0.338 e. The van der Waals surface area contributed by atoms with Crippen molar-refractivity contribution in [2.45, 2.75) is 38.0 Å². The van der Waals surface area contributed by atoms with Gasteiger partial charge in [0.2, 0.25) is 0 Å². The summed E-state index contributed by atoms with van der Waals surface area (Å²) < 4.78 is 6.53. The van der Waals surface area contributed by atoms with Crippen LogP contribution in [0.25, 0.3) is 10.2 Å². The predicted octanol–water partition coefficient (Wildman–Crippen LogP) is 4.35. The molecule has 1 aromatic heterocycles. The van der Waals surface area contributed by atoms with Crippen molar-refractivity contribution in [1.82, 2.24) is 9.88 Å². The maximum Gasteiger partial charge on any atom is 0.338 e. The summed E-state index contributed by atoms with van der Waals surface area (Å²) in [7, 11) is 0. The highest BCUT2D eigenvalue weighted by molar-refractivity contribution is 7.18. The molecular formula is C24H24N2O3S. The highest BCUT2D eigenvalue weighted by Gasteiger charge is 2.27. The molecule has 0 radical (unpaired) electrons. The number of aryl methyl sites for hydroxylation is 2. The number of para-hydroxylation sites is 1. The summed E-state index contributed by atoms with van der Waals surface area (Å²) in [5, 5.41) is 1.09. The van der Waals surface area contributed by atoms with Gasteiger partial charge in [0.05, 0.1) is 20.8 Å². The molecule has 5 nitrogen and oxygen atoms in total. The fourth-order valence-electron chi connectivity index (χ4n) is 4.47. The van der Waals surface area contributed by atoms with E-state index in [1.807, 2.05) is 35.2 Å². The maximum absolute atomic E-state index is 12.7. The number of benzene rings is 2. The molecule has 1 amide bonds. The van der Waals surface area contributed by atoms with Gasteiger partial charge in [-0.05, 0) is 67.5 Å². The minimum atomic E-state index is -0.419. The number of thiazole rings is 1. The van der Waals surface area contributed by atoms with Gasteiger partial charge in [-0.3, -0.25) is 4.79 Å². The highest BCUT2D eigenvalue weighted by Crippen LogP contribution is 2.33. The Bertz CT molecular complexity index is 1070. The Kier molecular flexibility index (Phi) is 5.25. The van der Waals surface area contributed by atoms with Crippen molar-refractivity contribution in [1.29, 1.82) is 0 Å². The molecule has 5 rings (SSSR count). The van der Waals surface area contributed by atoms with E-state index in [1.54, 1.807) is 17.4 Å². The van der Waals surface area contributed by atoms with Crippen LogP contribution < -0.4 is 0 Å². The number of aromatic nitrogens is 1. The lowest BCUT2D eigenvalue weighted by Gasteiger charge is -2.31. The summed E-state index contributed by atoms with van der Waals surface area (Å²) in [4.78, 5) is 31.7. The lowest BCUT2D eigenvalue weighted by Crippen LogP contribution is -2.41. The van der Waals surface area contributed by atoms with Crippen molar-refractivity contribution in [2.24, 2.45) is 0 Å². The molecule has 30 heavy (non-hydrogen) atoms. The van der Waals surface area contributed by atoms with Gasteiger partial charge in [-0.1, -0.05) is 18.2 Å². The number of piperidine rings is 1. The molecule has 3 aromatic rings. The zero-order chi connectivity index (χ0) is 20.5. The molecule has 2 aliphatic rings. The Hall–Kier alpha value is -2.73. The van der Waals surface area contributed by atoms with E-state index in [2.05, 4.69) is 6.07 Å². The van der Waals surface area contributed by atoms with Crippen LogP contribution in [0.1, 0.15) is 51.7 Å². The third-order valence-corrected chi connectivity index (χ3v) is 7.29. The van der Waals surface area contributed by atoms with Gasteiger partial charge < -0.3 is 9.64 Å². The first-order valence-corrected chi connectivity index (χ1v) is 11.4. The Balaban J connectivity index is 1.20. The molecule has 0 saturated carbocycles. The Morgan fingerprint density at radius 3 is 2.87 bits per heavy atom. The van der Waals surface area contributed by atoms with Gasteiger partial charge >= 0.3 is 5.97 Å². The molecule has 2 heterocycles. The van der Waals surface area contributed by atoms with Crippen LogP contribution in [0.2, 0.25) is 0 Å². The molecule has 154 valence electrons. The van der Waals surface area contributed by atoms with Crippen molar-refractivity contribution < 1.29 is 14.3 Å². The van der Waals surface area contributed by atoms with Gasteiger partial charge in [-0.15, -0.1) is 11.3 Å². The Morgan fingerprint density at radius 2 is 1.97 bits per heavy atom. The minimum absolute atomic E-state index is 0.129. The summed E-state index contributed by atoms with van der Waals surface area (Å²) in [5.74, 6) is -0.305. The molecule has 6 heteroatoms. The molecule has 0 unspecified atom stereocenters. The summed E-state index contributed by atoms with van der Waals surface area (Å²) in [5.41, 5.74) is 4.10. The topological polar surface area (TPSA) is 59.5 Å². The fourth-order valence-corrected chi connectivity index (χ4v) is 5.56. The van der Waals surface area contributed by atoms with Crippen LogP contribution >= 0.6 is 11.3 Å². The van der Waals surface area contributed by atoms with Crippen LogP contribution in [0, 0.1) is 0 Å². The standard InChI is InChI=1S/C24H24N2O3S/c27-22(15-29-24(28)18-11-10-16-5-3-6-17(16)13-18)26-12-4-7-19(14-26)23-25-20-8-1-2-9-21(20)30-23/h1-2,8-11,13,19H,3-7,12,14-15H2/t19-/m1/s1. The number of fused-ring (bicyclic) bond motifs is 2. The zero-order valence-corrected chi connectivity index (χ0v) is 17.6. The molecule has 1 aliphatic carbocycles. The number of hydrogen-bond acceptors (Lipinski definition) is 5. The van der Waals surface area contributed by atoms with Crippen LogP contribution in [0.5, 0.6) is 0 Å². The predicted molar refractivity (Wildman–Crippen MR) is 117 cm³/mol. The third-order valence-electron chi connectivity index (χ3n) is 6.09. The van der Waals surface area contributed by atoms with E-state index in [1.165, 1.54) is 15.8 Å². The van der Waals surface area contributed by atoms with Gasteiger partial charge in [0.1, 0.15) is 0 Å². The SMILES string of the molecule is O=C(OCC(=O)N1CCC[C@@H](c2nc3ccccc3s2)C1)c1ccc2c(c1)CCC2. The third kappa shape index (κ3) is 3.84. The molecule has 0 spiro atoms. The van der Waals surface area contributed by atoms with Crippen molar-refractivity contribution in [3.05, 3.63) is 64.2 Å². The summed E-state index contributed by atoms with van der Waals surface area (Å²) in [6, 6.07) is 13.9. The van der Waals surface area contributed by atoms with Gasteiger partial charge in [0.15, 0.2) is 6.61 Å². The lowest BCUT2D eigenvalue weighted by atomic mass is 9.99. The number of rotatable bonds is 4. The lowest BCUT2D eigenvalue weighted by molar-refractivity contribution is -0.135. The minimum Gasteiger partial charge on any atom is -0.452 e. The molecule has 0 bridgehead atoms. The van der Waals surface area contributed by atoms with Crippen LogP contribution in [-0.2, 0) is 22.4 Å². The second-order valence-corrected chi connectivity index (χ2v) is 9.17. The Morgan fingerprint density at radius 1 is 1.10 bits per heavy atom. The van der Waals surface area contributed by atoms with Crippen LogP contribution in [0.15, 0.2) is 42.5 Å². The van der Waals surface area contributed by atoms with Crippen molar-refractivity contribution in [3.63, 3.8) is 0 Å². The van der Waals surface area contributed by atoms with E-state index in [9.17, 15) is 9.59 Å². The molecule has 1 fully saturated rings. The van der Waals surface area contributed by atoms with Crippen LogP contribution in [0.4, 0.5) is 0 Å². The number of carbonyl (C=O) groups is 2. The molecule has 1 saturated heterocycles. The van der Waals surface area contributed by atoms with Gasteiger partial charge in [-0.25, -0.2) is 9.78 Å². The highest BCUT2D eigenvalue weighted by atomic mass is 32.1. The molecule has 1 atom stereocenters. The van der Waals surface area contributed by atoms with Crippen molar-refractivity contribution in [2.75, 3.05) is 19.7 Å². The number of esters is 1. The number of amides is 1. The average molecular weight is 421 g/mol. The van der Waals surface area contributed by atoms with E-state index >= 15 is 0 Å². The van der Waals surface area contributed by atoms with E-state index in [0.717, 1.165) is 42.6 Å². The second-order valence-electron chi connectivity index (χ2n) is 8.11. The Labute approximate surface area is 179 Å². The van der Waals surface area contributed by atoms with Crippen LogP contribution in [0.3, 0.4) is 0 Å². The number of ether oxygens (including phenoxy) is 1. The zero-order valence-electron chi connectivity index (χ0n) is 16.8. The van der Waals surface area contributed by atoms with Gasteiger partial charge in [0, 0.05) is 19.0 Å². The van der Waals surface area contributed by atoms with Crippen molar-refractivity contribution in [3.8, 4) is 0 Å². The molecule has 0 N–H and O–H groups in total. The summed E-state index contributed by atoms with van der Waals surface area (Å²) in [6.45, 7) is 1.13. The summed E-state index contributed by atoms with van der Waals surface area (Å²) in [6.07, 6.45) is 5.19. The summed E-state index contributed by atoms with van der Waals surface area (Å²) >= 11 is 1.71. The first-order valence-electron chi connectivity index (χ1n) is 10.6. The van der Waals surface area contributed by atoms with Crippen LogP contribution in [-0.4, -0.2) is 41.5 Å². The molecular weight excluding hydrogens is 396 g/mol. The number of likely N-dealkylation sites (tertiary alicyclic amines) is 1. The number of carbonyl (C=O) groups excluding carboxylic acids is 2. The monoisotopic (exact) mass is 420 g/mol. The molecule has 2 aromatic carbocycles. The van der Waals surface area contributed by atoms with E-state index in [-0.39, 0.29) is 18.4 Å².